The van der Waals surface area contributed by atoms with Gasteiger partial charge in [0, 0.05) is 11.1 Å². The molecule has 1 aromatic rings. The summed E-state index contributed by atoms with van der Waals surface area (Å²) < 4.78 is 4.79. The Balaban J connectivity index is 2.24. The van der Waals surface area contributed by atoms with Crippen molar-refractivity contribution >= 4 is 29.2 Å². The number of hydrogen-bond acceptors (Lipinski definition) is 5. The van der Waals surface area contributed by atoms with Crippen LogP contribution in [0.5, 0.6) is 0 Å². The summed E-state index contributed by atoms with van der Waals surface area (Å²) in [5.74, 6) is -1.24. The fraction of sp³-hybridized carbons (Fsp3) is 0.500. The Hall–Kier alpha value is -2.15. The number of carbonyl (C=O) groups excluding carboxylic acids is 2. The van der Waals surface area contributed by atoms with Gasteiger partial charge in [-0.2, -0.15) is 0 Å². The van der Waals surface area contributed by atoms with Crippen LogP contribution in [0.2, 0.25) is 5.02 Å². The van der Waals surface area contributed by atoms with E-state index in [1.807, 2.05) is 0 Å². The lowest BCUT2D eigenvalue weighted by Crippen LogP contribution is -2.47. The molecule has 7 nitrogen and oxygen atoms in total. The molecule has 24 heavy (non-hydrogen) atoms. The summed E-state index contributed by atoms with van der Waals surface area (Å²) in [6.07, 6.45) is 4.68. The van der Waals surface area contributed by atoms with Gasteiger partial charge in [-0.25, -0.2) is 4.79 Å². The number of nitro benzene ring substituents is 1. The topological polar surface area (TPSA) is 98.5 Å². The number of benzene rings is 1. The largest absolute Gasteiger partial charge is 0.467 e. The minimum absolute atomic E-state index is 0.0264. The number of nitrogens with zero attached hydrogens (tertiary/aromatic N) is 1. The molecule has 0 aromatic heterocycles. The molecule has 0 aliphatic heterocycles. The average Bonchev–Trinajstić information content (AvgIpc) is 2.59. The summed E-state index contributed by atoms with van der Waals surface area (Å²) in [7, 11) is 1.26. The molecule has 2 rings (SSSR count). The lowest BCUT2D eigenvalue weighted by atomic mass is 9.83. The Morgan fingerprint density at radius 3 is 2.58 bits per heavy atom. The van der Waals surface area contributed by atoms with Crippen LogP contribution in [0.25, 0.3) is 0 Å². The van der Waals surface area contributed by atoms with E-state index in [0.717, 1.165) is 38.2 Å². The summed E-state index contributed by atoms with van der Waals surface area (Å²) in [4.78, 5) is 35.0. The molecule has 0 bridgehead atoms. The van der Waals surface area contributed by atoms with Crippen LogP contribution in [0.3, 0.4) is 0 Å². The van der Waals surface area contributed by atoms with Crippen molar-refractivity contribution in [2.24, 2.45) is 5.92 Å². The molecule has 0 unspecified atom stereocenters. The highest BCUT2D eigenvalue weighted by molar-refractivity contribution is 6.31. The molecular weight excluding hydrogens is 336 g/mol. The third kappa shape index (κ3) is 4.23. The van der Waals surface area contributed by atoms with Crippen molar-refractivity contribution in [3.05, 3.63) is 38.9 Å². The fourth-order valence-corrected chi connectivity index (χ4v) is 3.20. The van der Waals surface area contributed by atoms with Gasteiger partial charge in [-0.1, -0.05) is 30.9 Å². The van der Waals surface area contributed by atoms with Crippen molar-refractivity contribution in [1.82, 2.24) is 5.32 Å². The maximum absolute atomic E-state index is 12.5. The van der Waals surface area contributed by atoms with Crippen LogP contribution in [0.4, 0.5) is 5.69 Å². The van der Waals surface area contributed by atoms with Crippen LogP contribution >= 0.6 is 11.6 Å². The Labute approximate surface area is 144 Å². The predicted octanol–water partition coefficient (Wildman–Crippen LogP) is 3.10. The molecule has 0 spiro atoms. The van der Waals surface area contributed by atoms with Gasteiger partial charge in [0.1, 0.15) is 11.6 Å². The summed E-state index contributed by atoms with van der Waals surface area (Å²) in [5.41, 5.74) is -0.527. The smallest absolute Gasteiger partial charge is 0.328 e. The van der Waals surface area contributed by atoms with Gasteiger partial charge in [0.2, 0.25) is 0 Å². The van der Waals surface area contributed by atoms with E-state index in [0.29, 0.717) is 0 Å². The number of nitrogens with one attached hydrogen (secondary N) is 1. The van der Waals surface area contributed by atoms with E-state index in [4.69, 9.17) is 16.3 Å². The summed E-state index contributed by atoms with van der Waals surface area (Å²) in [5, 5.41) is 13.9. The molecule has 1 atom stereocenters. The summed E-state index contributed by atoms with van der Waals surface area (Å²) in [6, 6.07) is 2.99. The van der Waals surface area contributed by atoms with Crippen LogP contribution in [-0.2, 0) is 9.53 Å². The number of nitro groups is 1. The monoisotopic (exact) mass is 354 g/mol. The zero-order chi connectivity index (χ0) is 17.7. The maximum atomic E-state index is 12.5. The molecule has 1 amide bonds. The Kier molecular flexibility index (Phi) is 6.14. The van der Waals surface area contributed by atoms with E-state index in [1.54, 1.807) is 0 Å². The van der Waals surface area contributed by atoms with Crippen LogP contribution in [0.1, 0.15) is 42.5 Å². The van der Waals surface area contributed by atoms with Crippen molar-refractivity contribution in [3.63, 3.8) is 0 Å². The van der Waals surface area contributed by atoms with Crippen molar-refractivity contribution in [2.45, 2.75) is 38.1 Å². The highest BCUT2D eigenvalue weighted by atomic mass is 35.5. The number of methoxy groups -OCH3 is 1. The fourth-order valence-electron chi connectivity index (χ4n) is 3.03. The minimum Gasteiger partial charge on any atom is -0.467 e. The van der Waals surface area contributed by atoms with Crippen molar-refractivity contribution in [1.29, 1.82) is 0 Å². The SMILES string of the molecule is COC(=O)[C@@H](NC(=O)c1ccc(Cl)cc1[N+](=O)[O-])C1CCCCC1. The lowest BCUT2D eigenvalue weighted by Gasteiger charge is -2.28. The molecule has 1 aliphatic rings. The maximum Gasteiger partial charge on any atom is 0.328 e. The number of halogens is 1. The Bertz CT molecular complexity index is 643. The summed E-state index contributed by atoms with van der Waals surface area (Å²) in [6.45, 7) is 0. The van der Waals surface area contributed by atoms with E-state index in [1.165, 1.54) is 19.2 Å². The summed E-state index contributed by atoms with van der Waals surface area (Å²) >= 11 is 5.76. The Morgan fingerprint density at radius 2 is 2.00 bits per heavy atom. The standard InChI is InChI=1S/C16H19ClN2O5/c1-24-16(21)14(10-5-3-2-4-6-10)18-15(20)12-8-7-11(17)9-13(12)19(22)23/h7-10,14H,2-6H2,1H3,(H,18,20)/t14-/m0/s1. The third-order valence-electron chi connectivity index (χ3n) is 4.26. The normalized spacial score (nSPS) is 16.2. The van der Waals surface area contributed by atoms with Gasteiger partial charge in [0.15, 0.2) is 0 Å². The predicted molar refractivity (Wildman–Crippen MR) is 88.0 cm³/mol. The number of amides is 1. The molecule has 0 radical (unpaired) electrons. The molecule has 0 heterocycles. The number of ether oxygens (including phenoxy) is 1. The second kappa shape index (κ2) is 8.10. The van der Waals surface area contributed by atoms with E-state index in [9.17, 15) is 19.7 Å². The third-order valence-corrected chi connectivity index (χ3v) is 4.50. The first-order valence-corrected chi connectivity index (χ1v) is 8.14. The number of carbonyl (C=O) groups is 2. The average molecular weight is 355 g/mol. The number of rotatable bonds is 5. The van der Waals surface area contributed by atoms with Gasteiger partial charge < -0.3 is 10.1 Å². The molecule has 1 aliphatic carbocycles. The van der Waals surface area contributed by atoms with Crippen LogP contribution < -0.4 is 5.32 Å². The first-order valence-electron chi connectivity index (χ1n) is 7.76. The quantitative estimate of drug-likeness (QED) is 0.497. The molecule has 1 saturated carbocycles. The lowest BCUT2D eigenvalue weighted by molar-refractivity contribution is -0.385. The van der Waals surface area contributed by atoms with Crippen molar-refractivity contribution in [2.75, 3.05) is 7.11 Å². The number of esters is 1. The van der Waals surface area contributed by atoms with Crippen LogP contribution in [-0.4, -0.2) is 30.0 Å². The van der Waals surface area contributed by atoms with Gasteiger partial charge in [-0.3, -0.25) is 14.9 Å². The van der Waals surface area contributed by atoms with Crippen LogP contribution in [0, 0.1) is 16.0 Å². The van der Waals surface area contributed by atoms with Gasteiger partial charge in [-0.15, -0.1) is 0 Å². The molecule has 8 heteroatoms. The molecule has 130 valence electrons. The molecule has 1 N–H and O–H groups in total. The van der Waals surface area contributed by atoms with Gasteiger partial charge in [-0.05, 0) is 30.9 Å². The van der Waals surface area contributed by atoms with E-state index >= 15 is 0 Å². The first kappa shape index (κ1) is 18.2. The van der Waals surface area contributed by atoms with E-state index in [-0.39, 0.29) is 16.5 Å². The minimum atomic E-state index is -0.807. The van der Waals surface area contributed by atoms with Crippen molar-refractivity contribution < 1.29 is 19.2 Å². The number of hydrogen-bond donors (Lipinski definition) is 1. The zero-order valence-electron chi connectivity index (χ0n) is 13.3. The highest BCUT2D eigenvalue weighted by Crippen LogP contribution is 2.28. The molecule has 0 saturated heterocycles. The van der Waals surface area contributed by atoms with Gasteiger partial charge >= 0.3 is 5.97 Å². The molecule has 1 fully saturated rings. The van der Waals surface area contributed by atoms with Crippen LogP contribution in [0.15, 0.2) is 18.2 Å². The highest BCUT2D eigenvalue weighted by Gasteiger charge is 2.33. The van der Waals surface area contributed by atoms with E-state index in [2.05, 4.69) is 5.32 Å². The van der Waals surface area contributed by atoms with Gasteiger partial charge in [0.05, 0.1) is 12.0 Å². The van der Waals surface area contributed by atoms with E-state index < -0.39 is 28.5 Å². The Morgan fingerprint density at radius 1 is 1.33 bits per heavy atom. The molecular formula is C16H19ClN2O5. The first-order chi connectivity index (χ1) is 11.4. The second-order valence-corrected chi connectivity index (χ2v) is 6.23. The molecule has 1 aromatic carbocycles. The second-order valence-electron chi connectivity index (χ2n) is 5.79. The zero-order valence-corrected chi connectivity index (χ0v) is 14.0. The van der Waals surface area contributed by atoms with Gasteiger partial charge in [0.25, 0.3) is 11.6 Å². The van der Waals surface area contributed by atoms with Crippen molar-refractivity contribution in [3.8, 4) is 0 Å².